The number of ether oxygens (including phenoxy) is 3. The number of hydrogen-bond acceptors (Lipinski definition) is 8. The number of methoxy groups -OCH3 is 1. The van der Waals surface area contributed by atoms with Crippen molar-refractivity contribution in [3.05, 3.63) is 84.6 Å². The van der Waals surface area contributed by atoms with Gasteiger partial charge < -0.3 is 19.9 Å². The Hall–Kier alpha value is -4.97. The van der Waals surface area contributed by atoms with Crippen LogP contribution in [0.1, 0.15) is 0 Å². The van der Waals surface area contributed by atoms with Crippen molar-refractivity contribution in [2.45, 2.75) is 4.90 Å². The first-order valence-electron chi connectivity index (χ1n) is 11.8. The Labute approximate surface area is 227 Å². The lowest BCUT2D eigenvalue weighted by molar-refractivity contribution is 0.174. The number of pyridine rings is 2. The molecule has 0 fully saturated rings. The van der Waals surface area contributed by atoms with Gasteiger partial charge in [-0.15, -0.1) is 0 Å². The summed E-state index contributed by atoms with van der Waals surface area (Å²) in [4.78, 5) is 8.05. The highest BCUT2D eigenvalue weighted by Gasteiger charge is 2.23. The van der Waals surface area contributed by atoms with E-state index < -0.39 is 26.6 Å². The van der Waals surface area contributed by atoms with Gasteiger partial charge in [0.25, 0.3) is 10.0 Å². The molecule has 0 unspecified atom stereocenters. The van der Waals surface area contributed by atoms with Crippen molar-refractivity contribution in [3.63, 3.8) is 0 Å². The molecule has 2 aromatic heterocycles. The lowest BCUT2D eigenvalue weighted by atomic mass is 10.00. The Morgan fingerprint density at radius 2 is 1.82 bits per heavy atom. The van der Waals surface area contributed by atoms with Gasteiger partial charge in [-0.1, -0.05) is 18.2 Å². The molecule has 3 N–H and O–H groups in total. The van der Waals surface area contributed by atoms with E-state index >= 15 is 0 Å². The van der Waals surface area contributed by atoms with Gasteiger partial charge in [0.2, 0.25) is 12.7 Å². The Balaban J connectivity index is 1.40. The van der Waals surface area contributed by atoms with Crippen molar-refractivity contribution in [2.75, 3.05) is 24.4 Å². The van der Waals surface area contributed by atoms with Crippen LogP contribution >= 0.6 is 0 Å². The quantitative estimate of drug-likeness (QED) is 0.283. The first kappa shape index (κ1) is 25.3. The molecule has 0 saturated carbocycles. The maximum atomic E-state index is 14.2. The fraction of sp³-hybridized carbons (Fsp3) is 0.0714. The van der Waals surface area contributed by atoms with E-state index in [1.807, 2.05) is 30.3 Å². The highest BCUT2D eigenvalue weighted by molar-refractivity contribution is 7.92. The zero-order valence-electron chi connectivity index (χ0n) is 20.8. The molecule has 9 nitrogen and oxygen atoms in total. The summed E-state index contributed by atoms with van der Waals surface area (Å²) in [5.41, 5.74) is 9.53. The van der Waals surface area contributed by atoms with Crippen LogP contribution in [0.15, 0.2) is 77.8 Å². The van der Waals surface area contributed by atoms with Crippen LogP contribution in [0.3, 0.4) is 0 Å². The maximum Gasteiger partial charge on any atom is 0.264 e. The van der Waals surface area contributed by atoms with E-state index in [1.54, 1.807) is 12.1 Å². The molecule has 3 heterocycles. The Bertz CT molecular complexity index is 1920. The number of fused-ring (bicyclic) bond motifs is 2. The fourth-order valence-electron chi connectivity index (χ4n) is 4.47. The first-order chi connectivity index (χ1) is 19.2. The van der Waals surface area contributed by atoms with E-state index in [9.17, 15) is 17.2 Å². The van der Waals surface area contributed by atoms with Gasteiger partial charge in [-0.05, 0) is 48.0 Å². The molecule has 6 rings (SSSR count). The molecule has 202 valence electrons. The van der Waals surface area contributed by atoms with E-state index in [4.69, 9.17) is 19.9 Å². The van der Waals surface area contributed by atoms with Crippen LogP contribution in [0.25, 0.3) is 33.2 Å². The monoisotopic (exact) mass is 562 g/mol. The summed E-state index contributed by atoms with van der Waals surface area (Å²) in [6, 6.07) is 16.5. The molecule has 0 saturated heterocycles. The van der Waals surface area contributed by atoms with E-state index in [1.165, 1.54) is 19.4 Å². The highest BCUT2D eigenvalue weighted by atomic mass is 32.2. The highest BCUT2D eigenvalue weighted by Crippen LogP contribution is 2.43. The van der Waals surface area contributed by atoms with Crippen molar-refractivity contribution in [1.29, 1.82) is 0 Å². The molecule has 1 aliphatic rings. The van der Waals surface area contributed by atoms with Crippen molar-refractivity contribution in [2.24, 2.45) is 0 Å². The predicted molar refractivity (Wildman–Crippen MR) is 145 cm³/mol. The molecule has 12 heteroatoms. The van der Waals surface area contributed by atoms with Gasteiger partial charge >= 0.3 is 0 Å². The second-order valence-corrected chi connectivity index (χ2v) is 10.5. The molecule has 0 amide bonds. The minimum Gasteiger partial charge on any atom is -0.480 e. The van der Waals surface area contributed by atoms with Crippen LogP contribution in [0, 0.1) is 11.6 Å². The second kappa shape index (κ2) is 9.65. The number of nitrogens with one attached hydrogen (secondary N) is 1. The van der Waals surface area contributed by atoms with Crippen LogP contribution in [0.4, 0.5) is 20.3 Å². The summed E-state index contributed by atoms with van der Waals surface area (Å²) in [5.74, 6) is -0.641. The molecule has 40 heavy (non-hydrogen) atoms. The molecular weight excluding hydrogens is 542 g/mol. The number of nitrogen functional groups attached to an aromatic ring is 1. The number of nitrogens with zero attached hydrogens (tertiary/aromatic N) is 2. The number of aromatic nitrogens is 2. The van der Waals surface area contributed by atoms with E-state index in [0.717, 1.165) is 23.1 Å². The minimum atomic E-state index is -4.43. The summed E-state index contributed by atoms with van der Waals surface area (Å²) >= 11 is 0. The van der Waals surface area contributed by atoms with Gasteiger partial charge in [0.15, 0.2) is 11.5 Å². The molecule has 0 bridgehead atoms. The molecular formula is C28H20F2N4O5S. The third kappa shape index (κ3) is 4.47. The molecule has 0 spiro atoms. The number of hydrogen-bond donors (Lipinski definition) is 2. The maximum absolute atomic E-state index is 14.2. The normalized spacial score (nSPS) is 12.5. The van der Waals surface area contributed by atoms with E-state index in [0.29, 0.717) is 45.6 Å². The van der Waals surface area contributed by atoms with Crippen LogP contribution in [0.5, 0.6) is 17.4 Å². The number of sulfonamides is 1. The number of anilines is 2. The molecule has 0 aliphatic carbocycles. The zero-order chi connectivity index (χ0) is 28.0. The Morgan fingerprint density at radius 3 is 2.62 bits per heavy atom. The van der Waals surface area contributed by atoms with Gasteiger partial charge in [-0.3, -0.25) is 4.72 Å². The van der Waals surface area contributed by atoms with Crippen LogP contribution in [-0.4, -0.2) is 32.3 Å². The number of para-hydroxylation sites is 1. The third-order valence-corrected chi connectivity index (χ3v) is 7.74. The first-order valence-corrected chi connectivity index (χ1v) is 13.3. The predicted octanol–water partition coefficient (Wildman–Crippen LogP) is 5.36. The van der Waals surface area contributed by atoms with E-state index in [2.05, 4.69) is 14.7 Å². The smallest absolute Gasteiger partial charge is 0.264 e. The minimum absolute atomic E-state index is 0.0306. The van der Waals surface area contributed by atoms with Crippen LogP contribution in [-0.2, 0) is 10.0 Å². The summed E-state index contributed by atoms with van der Waals surface area (Å²) < 4.78 is 72.0. The lowest BCUT2D eigenvalue weighted by Gasteiger charge is -2.14. The number of rotatable bonds is 6. The van der Waals surface area contributed by atoms with Crippen molar-refractivity contribution >= 4 is 32.4 Å². The average Bonchev–Trinajstić information content (AvgIpc) is 3.41. The lowest BCUT2D eigenvalue weighted by Crippen LogP contribution is -2.15. The van der Waals surface area contributed by atoms with Gasteiger partial charge in [0.05, 0.1) is 12.6 Å². The Morgan fingerprint density at radius 1 is 0.975 bits per heavy atom. The van der Waals surface area contributed by atoms with Crippen molar-refractivity contribution in [3.8, 4) is 39.6 Å². The van der Waals surface area contributed by atoms with Crippen molar-refractivity contribution in [1.82, 2.24) is 9.97 Å². The summed E-state index contributed by atoms with van der Waals surface area (Å²) in [6.45, 7) is 0.113. The number of nitrogens with two attached hydrogens (primary N) is 1. The average molecular weight is 563 g/mol. The van der Waals surface area contributed by atoms with Crippen LogP contribution < -0.4 is 24.7 Å². The van der Waals surface area contributed by atoms with Gasteiger partial charge in [-0.2, -0.15) is 0 Å². The summed E-state index contributed by atoms with van der Waals surface area (Å²) in [6.07, 6.45) is 1.51. The van der Waals surface area contributed by atoms with Crippen molar-refractivity contribution < 1.29 is 31.4 Å². The summed E-state index contributed by atoms with van der Waals surface area (Å²) in [7, 11) is -3.11. The molecule has 0 radical (unpaired) electrons. The topological polar surface area (TPSA) is 126 Å². The second-order valence-electron chi connectivity index (χ2n) is 8.83. The van der Waals surface area contributed by atoms with Gasteiger partial charge in [0.1, 0.15) is 28.0 Å². The third-order valence-electron chi connectivity index (χ3n) is 6.34. The molecule has 3 aromatic carbocycles. The van der Waals surface area contributed by atoms with Crippen LogP contribution in [0.2, 0.25) is 0 Å². The standard InChI is InChI=1S/C28H20F2N4O5S/c1-37-28-23(34-40(35,36)25-8-6-18(29)12-21(25)30)11-17(13-32-28)15-5-7-22-16(9-15)10-20(27(31)33-22)19-3-2-4-24-26(19)39-14-38-24/h2-13,34H,14H2,1H3,(H2,31,33). The van der Waals surface area contributed by atoms with Gasteiger partial charge in [-0.25, -0.2) is 27.2 Å². The number of halogens is 2. The Kier molecular flexibility index (Phi) is 6.11. The largest absolute Gasteiger partial charge is 0.480 e. The zero-order valence-corrected chi connectivity index (χ0v) is 21.6. The molecule has 0 atom stereocenters. The number of benzene rings is 3. The summed E-state index contributed by atoms with van der Waals surface area (Å²) in [5, 5.41) is 0.754. The van der Waals surface area contributed by atoms with Gasteiger partial charge in [0, 0.05) is 34.3 Å². The SMILES string of the molecule is COc1ncc(-c2ccc3nc(N)c(-c4cccc5c4OCO5)cc3c2)cc1NS(=O)(=O)c1ccc(F)cc1F. The van der Waals surface area contributed by atoms with E-state index in [-0.39, 0.29) is 18.4 Å². The molecule has 1 aliphatic heterocycles. The fourth-order valence-corrected chi connectivity index (χ4v) is 5.58. The molecule has 5 aromatic rings.